The van der Waals surface area contributed by atoms with Crippen LogP contribution in [0.2, 0.25) is 15.2 Å². The number of benzene rings is 1. The van der Waals surface area contributed by atoms with Crippen LogP contribution in [0.3, 0.4) is 0 Å². The largest absolute Gasteiger partial charge is 0.497 e. The molecule has 0 saturated carbocycles. The fourth-order valence-corrected chi connectivity index (χ4v) is 3.92. The van der Waals surface area contributed by atoms with Gasteiger partial charge in [0, 0.05) is 18.7 Å². The molecule has 2 aromatic rings. The van der Waals surface area contributed by atoms with E-state index in [0.717, 1.165) is 18.9 Å². The smallest absolute Gasteiger partial charge is 0.331 e. The third kappa shape index (κ3) is 4.01. The average Bonchev–Trinajstić information content (AvgIpc) is 2.91. The van der Waals surface area contributed by atoms with Crippen LogP contribution >= 0.6 is 34.8 Å². The van der Waals surface area contributed by atoms with Gasteiger partial charge >= 0.3 is 5.97 Å². The lowest BCUT2D eigenvalue weighted by molar-refractivity contribution is -0.131. The lowest BCUT2D eigenvalue weighted by atomic mass is 10.1. The number of carbonyl (C=O) groups is 1. The van der Waals surface area contributed by atoms with E-state index in [0.29, 0.717) is 23.8 Å². The van der Waals surface area contributed by atoms with Gasteiger partial charge in [-0.05, 0) is 25.0 Å². The molecule has 0 saturated heterocycles. The van der Waals surface area contributed by atoms with Crippen molar-refractivity contribution in [1.82, 2.24) is 9.36 Å². The van der Waals surface area contributed by atoms with Gasteiger partial charge in [0.25, 0.3) is 5.56 Å². The van der Waals surface area contributed by atoms with E-state index in [1.165, 1.54) is 19.2 Å². The van der Waals surface area contributed by atoms with Crippen molar-refractivity contribution >= 4 is 40.8 Å². The predicted octanol–water partition coefficient (Wildman–Crippen LogP) is 4.06. The molecule has 10 heteroatoms. The van der Waals surface area contributed by atoms with Crippen molar-refractivity contribution in [3.8, 4) is 16.9 Å². The van der Waals surface area contributed by atoms with E-state index in [-0.39, 0.29) is 39.3 Å². The van der Waals surface area contributed by atoms with Crippen molar-refractivity contribution < 1.29 is 19.4 Å². The van der Waals surface area contributed by atoms with Crippen LogP contribution in [0.25, 0.3) is 11.1 Å². The summed E-state index contributed by atoms with van der Waals surface area (Å²) in [5, 5.41) is 9.60. The fourth-order valence-electron chi connectivity index (χ4n) is 3.03. The Kier molecular flexibility index (Phi) is 6.27. The van der Waals surface area contributed by atoms with Crippen molar-refractivity contribution in [2.24, 2.45) is 0 Å². The molecule has 150 valence electrons. The Hall–Kier alpha value is -2.09. The zero-order chi connectivity index (χ0) is 20.4. The Morgan fingerprint density at radius 2 is 1.86 bits per heavy atom. The van der Waals surface area contributed by atoms with Crippen LogP contribution in [-0.2, 0) is 22.6 Å². The van der Waals surface area contributed by atoms with Gasteiger partial charge in [-0.3, -0.25) is 9.48 Å². The first-order chi connectivity index (χ1) is 13.3. The van der Waals surface area contributed by atoms with Crippen LogP contribution in [0.5, 0.6) is 5.75 Å². The number of fused-ring (bicyclic) bond motifs is 1. The third-order valence-corrected chi connectivity index (χ3v) is 5.36. The van der Waals surface area contributed by atoms with Crippen molar-refractivity contribution in [2.45, 2.75) is 25.9 Å². The first-order valence-electron chi connectivity index (χ1n) is 8.42. The summed E-state index contributed by atoms with van der Waals surface area (Å²) in [6, 6.07) is 2.98. The van der Waals surface area contributed by atoms with Gasteiger partial charge in [-0.1, -0.05) is 34.8 Å². The highest BCUT2D eigenvalue weighted by atomic mass is 35.5. The maximum atomic E-state index is 12.8. The number of carboxylic acid groups (broad SMARTS) is 1. The summed E-state index contributed by atoms with van der Waals surface area (Å²) in [7, 11) is 1.33. The molecule has 1 aromatic heterocycles. The second kappa shape index (κ2) is 8.51. The fraction of sp³-hybridized carbons (Fsp3) is 0.333. The number of aliphatic carboxylic acids is 1. The molecule has 0 atom stereocenters. The summed E-state index contributed by atoms with van der Waals surface area (Å²) in [5.74, 6) is -0.848. The zero-order valence-corrected chi connectivity index (χ0v) is 17.1. The number of halogens is 3. The molecule has 1 N–H and O–H groups in total. The number of methoxy groups -OCH3 is 1. The number of carboxylic acids is 1. The van der Waals surface area contributed by atoms with E-state index < -0.39 is 5.97 Å². The van der Waals surface area contributed by atoms with E-state index in [9.17, 15) is 9.59 Å². The van der Waals surface area contributed by atoms with Crippen LogP contribution in [0.15, 0.2) is 28.8 Å². The molecule has 0 radical (unpaired) electrons. The molecule has 1 aliphatic rings. The number of nitrogens with zero attached hydrogens (tertiary/aromatic N) is 2. The molecule has 3 rings (SSSR count). The molecule has 0 spiro atoms. The summed E-state index contributed by atoms with van der Waals surface area (Å²) in [4.78, 5) is 23.6. The van der Waals surface area contributed by atoms with Gasteiger partial charge in [-0.25, -0.2) is 9.48 Å². The number of hydrogen-bond donors (Lipinski definition) is 1. The number of aromatic nitrogens is 2. The standard InChI is InChI=1S/C18H17Cl3N2O5/c1-27-10(6-15(24)25)9-28-14-7-11(12(19)8-13(14)20)16-17(21)22-4-2-3-5-23(22)18(16)26/h6-8H,2-5,9H2,1H3,(H,24,25)/b10-6+. The summed E-state index contributed by atoms with van der Waals surface area (Å²) in [6.07, 6.45) is 2.72. The molecular weight excluding hydrogens is 431 g/mol. The normalized spacial score (nSPS) is 13.9. The second-order valence-electron chi connectivity index (χ2n) is 6.13. The molecule has 0 aliphatic carbocycles. The highest BCUT2D eigenvalue weighted by molar-refractivity contribution is 6.38. The van der Waals surface area contributed by atoms with E-state index in [1.54, 1.807) is 9.36 Å². The Morgan fingerprint density at radius 1 is 1.18 bits per heavy atom. The SMILES string of the molecule is CO/C(=C/C(=O)O)COc1cc(-c2c(Cl)n3n(c2=O)CCCC3)c(Cl)cc1Cl. The Balaban J connectivity index is 2.00. The molecule has 0 fully saturated rings. The number of ether oxygens (including phenoxy) is 2. The van der Waals surface area contributed by atoms with Crippen molar-refractivity contribution in [3.05, 3.63) is 49.5 Å². The van der Waals surface area contributed by atoms with Crippen molar-refractivity contribution in [1.29, 1.82) is 0 Å². The van der Waals surface area contributed by atoms with Crippen LogP contribution in [0.4, 0.5) is 0 Å². The summed E-state index contributed by atoms with van der Waals surface area (Å²) >= 11 is 19.0. The lowest BCUT2D eigenvalue weighted by Crippen LogP contribution is -2.27. The van der Waals surface area contributed by atoms with Crippen molar-refractivity contribution in [2.75, 3.05) is 13.7 Å². The van der Waals surface area contributed by atoms with E-state index >= 15 is 0 Å². The average molecular weight is 448 g/mol. The number of hydrogen-bond acceptors (Lipinski definition) is 4. The maximum absolute atomic E-state index is 12.8. The minimum atomic E-state index is -1.16. The second-order valence-corrected chi connectivity index (χ2v) is 7.30. The zero-order valence-electron chi connectivity index (χ0n) is 14.9. The molecule has 2 heterocycles. The molecule has 0 unspecified atom stereocenters. The minimum absolute atomic E-state index is 0.0949. The van der Waals surface area contributed by atoms with Gasteiger partial charge < -0.3 is 14.6 Å². The van der Waals surface area contributed by atoms with Gasteiger partial charge in [0.2, 0.25) is 0 Å². The first kappa shape index (κ1) is 20.6. The van der Waals surface area contributed by atoms with Gasteiger partial charge in [0.15, 0.2) is 0 Å². The van der Waals surface area contributed by atoms with E-state index in [4.69, 9.17) is 49.4 Å². The van der Waals surface area contributed by atoms with Gasteiger partial charge in [-0.2, -0.15) is 0 Å². The highest BCUT2D eigenvalue weighted by Crippen LogP contribution is 2.39. The Bertz CT molecular complexity index is 1010. The molecule has 0 bridgehead atoms. The van der Waals surface area contributed by atoms with Gasteiger partial charge in [-0.15, -0.1) is 0 Å². The van der Waals surface area contributed by atoms with Gasteiger partial charge in [0.1, 0.15) is 23.3 Å². The van der Waals surface area contributed by atoms with Crippen LogP contribution in [-0.4, -0.2) is 34.2 Å². The summed E-state index contributed by atoms with van der Waals surface area (Å²) in [5.41, 5.74) is 0.443. The summed E-state index contributed by atoms with van der Waals surface area (Å²) < 4.78 is 13.9. The van der Waals surface area contributed by atoms with Crippen LogP contribution in [0.1, 0.15) is 12.8 Å². The minimum Gasteiger partial charge on any atom is -0.497 e. The number of rotatable bonds is 6. The van der Waals surface area contributed by atoms with E-state index in [2.05, 4.69) is 0 Å². The molecular formula is C18H17Cl3N2O5. The molecule has 1 aliphatic heterocycles. The first-order valence-corrected chi connectivity index (χ1v) is 9.55. The summed E-state index contributed by atoms with van der Waals surface area (Å²) in [6.45, 7) is 1.08. The maximum Gasteiger partial charge on any atom is 0.331 e. The van der Waals surface area contributed by atoms with Crippen molar-refractivity contribution in [3.63, 3.8) is 0 Å². The highest BCUT2D eigenvalue weighted by Gasteiger charge is 2.24. The molecule has 7 nitrogen and oxygen atoms in total. The predicted molar refractivity (Wildman–Crippen MR) is 107 cm³/mol. The monoisotopic (exact) mass is 446 g/mol. The molecule has 0 amide bonds. The lowest BCUT2D eigenvalue weighted by Gasteiger charge is -2.17. The quantitative estimate of drug-likeness (QED) is 0.533. The Morgan fingerprint density at radius 3 is 2.46 bits per heavy atom. The van der Waals surface area contributed by atoms with Gasteiger partial charge in [0.05, 0.1) is 28.8 Å². The topological polar surface area (TPSA) is 82.7 Å². The third-order valence-electron chi connectivity index (χ3n) is 4.37. The molecule has 28 heavy (non-hydrogen) atoms. The van der Waals surface area contributed by atoms with Crippen LogP contribution < -0.4 is 10.3 Å². The van der Waals surface area contributed by atoms with Crippen LogP contribution in [0, 0.1) is 0 Å². The Labute approximate surface area is 175 Å². The van der Waals surface area contributed by atoms with E-state index in [1.807, 2.05) is 0 Å². The molecule has 1 aromatic carbocycles.